The second-order valence-corrected chi connectivity index (χ2v) is 7.95. The Morgan fingerprint density at radius 1 is 1.00 bits per heavy atom. The number of amides is 2. The zero-order valence-electron chi connectivity index (χ0n) is 15.0. The van der Waals surface area contributed by atoms with E-state index in [4.69, 9.17) is 0 Å². The zero-order valence-corrected chi connectivity index (χ0v) is 16.7. The van der Waals surface area contributed by atoms with Gasteiger partial charge in [-0.2, -0.15) is 38.1 Å². The highest BCUT2D eigenvalue weighted by Gasteiger charge is 2.63. The molecule has 0 saturated carbocycles. The average molecular weight is 455 g/mol. The first-order valence-electron chi connectivity index (χ1n) is 7.95. The molecule has 1 aromatic carbocycles. The van der Waals surface area contributed by atoms with E-state index in [9.17, 15) is 35.9 Å². The highest BCUT2D eigenvalue weighted by molar-refractivity contribution is 8.04. The van der Waals surface area contributed by atoms with Gasteiger partial charge in [0, 0.05) is 11.1 Å². The fraction of sp³-hybridized carbons (Fsp3) is 0.333. The molecule has 29 heavy (non-hydrogen) atoms. The number of benzene rings is 1. The van der Waals surface area contributed by atoms with E-state index in [1.165, 1.54) is 24.3 Å². The first kappa shape index (κ1) is 23.4. The minimum absolute atomic E-state index is 0.0185. The minimum atomic E-state index is -5.22. The van der Waals surface area contributed by atoms with Crippen molar-refractivity contribution < 1.29 is 35.9 Å². The van der Waals surface area contributed by atoms with Gasteiger partial charge in [0.25, 0.3) is 11.8 Å². The number of rotatable bonds is 4. The van der Waals surface area contributed by atoms with Gasteiger partial charge in [0.15, 0.2) is 0 Å². The maximum absolute atomic E-state index is 13.8. The van der Waals surface area contributed by atoms with Crippen LogP contribution in [0.1, 0.15) is 10.4 Å². The molecule has 2 amide bonds. The highest BCUT2D eigenvalue weighted by Crippen LogP contribution is 2.55. The van der Waals surface area contributed by atoms with E-state index in [2.05, 4.69) is 0 Å². The van der Waals surface area contributed by atoms with Gasteiger partial charge in [0.2, 0.25) is 0 Å². The van der Waals surface area contributed by atoms with E-state index in [1.807, 2.05) is 5.32 Å². The second-order valence-electron chi connectivity index (χ2n) is 5.92. The van der Waals surface area contributed by atoms with Crippen LogP contribution < -0.4 is 5.32 Å². The Morgan fingerprint density at radius 2 is 1.59 bits per heavy atom. The SMILES string of the molecule is CSC1C(C(F)(F)F)=C(C(=O)NC(=O)c2ccccc2)C=CC1(SC)C(F)(F)F. The number of hydrogen-bond donors (Lipinski definition) is 1. The van der Waals surface area contributed by atoms with Crippen molar-refractivity contribution in [3.63, 3.8) is 0 Å². The van der Waals surface area contributed by atoms with E-state index in [0.29, 0.717) is 23.9 Å². The van der Waals surface area contributed by atoms with Crippen molar-refractivity contribution in [1.82, 2.24) is 5.32 Å². The third-order valence-electron chi connectivity index (χ3n) is 4.27. The summed E-state index contributed by atoms with van der Waals surface area (Å²) in [6.45, 7) is 0. The summed E-state index contributed by atoms with van der Waals surface area (Å²) in [4.78, 5) is 24.5. The van der Waals surface area contributed by atoms with Gasteiger partial charge >= 0.3 is 12.4 Å². The number of carbonyl (C=O) groups is 2. The maximum atomic E-state index is 13.8. The number of halogens is 6. The summed E-state index contributed by atoms with van der Waals surface area (Å²) in [6, 6.07) is 7.24. The van der Waals surface area contributed by atoms with E-state index in [0.717, 1.165) is 12.5 Å². The fourth-order valence-corrected chi connectivity index (χ4v) is 5.30. The standard InChI is InChI=1S/C18H15F6NO2S2/c1-28-13-12(17(19,20)21)11(8-9-16(13,29-2)18(22,23)24)15(27)25-14(26)10-6-4-3-5-7-10/h3-9,13H,1-2H3,(H,25,26,27). The molecule has 1 aromatic rings. The lowest BCUT2D eigenvalue weighted by molar-refractivity contribution is -0.152. The summed E-state index contributed by atoms with van der Waals surface area (Å²) in [5.74, 6) is -2.38. The molecule has 3 nitrogen and oxygen atoms in total. The van der Waals surface area contributed by atoms with Crippen molar-refractivity contribution >= 4 is 35.3 Å². The molecule has 1 aliphatic carbocycles. The molecule has 1 N–H and O–H groups in total. The van der Waals surface area contributed by atoms with Gasteiger partial charge < -0.3 is 0 Å². The Morgan fingerprint density at radius 3 is 2.03 bits per heavy atom. The third kappa shape index (κ3) is 4.50. The normalized spacial score (nSPS) is 22.6. The quantitative estimate of drug-likeness (QED) is 0.525. The smallest absolute Gasteiger partial charge is 0.288 e. The van der Waals surface area contributed by atoms with Gasteiger partial charge in [-0.3, -0.25) is 14.9 Å². The van der Waals surface area contributed by atoms with Crippen LogP contribution in [-0.2, 0) is 4.79 Å². The summed E-state index contributed by atoms with van der Waals surface area (Å²) >= 11 is 0.552. The molecule has 2 atom stereocenters. The summed E-state index contributed by atoms with van der Waals surface area (Å²) in [5.41, 5.74) is -2.63. The molecule has 0 saturated heterocycles. The Labute approximate surface area is 171 Å². The van der Waals surface area contributed by atoms with Gasteiger partial charge in [-0.05, 0) is 24.6 Å². The lowest BCUT2D eigenvalue weighted by Crippen LogP contribution is -2.53. The highest BCUT2D eigenvalue weighted by atomic mass is 32.2. The van der Waals surface area contributed by atoms with Crippen molar-refractivity contribution in [3.8, 4) is 0 Å². The number of alkyl halides is 6. The molecule has 0 fully saturated rings. The molecular weight excluding hydrogens is 440 g/mol. The van der Waals surface area contributed by atoms with Crippen LogP contribution in [0.4, 0.5) is 26.3 Å². The number of carbonyl (C=O) groups excluding carboxylic acids is 2. The summed E-state index contributed by atoms with van der Waals surface area (Å²) in [7, 11) is 0. The third-order valence-corrected chi connectivity index (χ3v) is 6.78. The predicted octanol–water partition coefficient (Wildman–Crippen LogP) is 4.77. The largest absolute Gasteiger partial charge is 0.414 e. The van der Waals surface area contributed by atoms with Crippen LogP contribution in [0.3, 0.4) is 0 Å². The second kappa shape index (κ2) is 8.47. The van der Waals surface area contributed by atoms with Crippen LogP contribution in [0, 0.1) is 0 Å². The number of nitrogens with one attached hydrogen (secondary N) is 1. The van der Waals surface area contributed by atoms with Crippen molar-refractivity contribution in [3.05, 3.63) is 59.2 Å². The molecule has 2 rings (SSSR count). The fourth-order valence-electron chi connectivity index (χ4n) is 2.90. The number of thioether (sulfide) groups is 2. The number of imide groups is 1. The minimum Gasteiger partial charge on any atom is -0.288 e. The summed E-state index contributed by atoms with van der Waals surface area (Å²) in [6.07, 6.45) is -7.01. The lowest BCUT2D eigenvalue weighted by Gasteiger charge is -2.42. The maximum Gasteiger partial charge on any atom is 0.414 e. The molecule has 0 bridgehead atoms. The van der Waals surface area contributed by atoms with Crippen molar-refractivity contribution in [2.24, 2.45) is 0 Å². The van der Waals surface area contributed by atoms with Gasteiger partial charge in [-0.1, -0.05) is 30.4 Å². The van der Waals surface area contributed by atoms with Crippen molar-refractivity contribution in [1.29, 1.82) is 0 Å². The van der Waals surface area contributed by atoms with E-state index < -0.39 is 45.3 Å². The Balaban J connectivity index is 2.53. The first-order valence-corrected chi connectivity index (χ1v) is 10.5. The van der Waals surface area contributed by atoms with Crippen LogP contribution in [0.5, 0.6) is 0 Å². The van der Waals surface area contributed by atoms with Gasteiger partial charge in [-0.25, -0.2) is 0 Å². The van der Waals surface area contributed by atoms with Crippen LogP contribution in [0.25, 0.3) is 0 Å². The molecule has 11 heteroatoms. The predicted molar refractivity (Wildman–Crippen MR) is 101 cm³/mol. The van der Waals surface area contributed by atoms with E-state index in [1.54, 1.807) is 6.07 Å². The Hall–Kier alpha value is -1.88. The van der Waals surface area contributed by atoms with E-state index >= 15 is 0 Å². The number of hydrogen-bond acceptors (Lipinski definition) is 4. The van der Waals surface area contributed by atoms with Crippen LogP contribution in [-0.4, -0.2) is 46.7 Å². The average Bonchev–Trinajstić information content (AvgIpc) is 2.65. The van der Waals surface area contributed by atoms with Gasteiger partial charge in [-0.15, -0.1) is 11.8 Å². The molecule has 0 aromatic heterocycles. The molecule has 0 radical (unpaired) electrons. The molecule has 0 spiro atoms. The Kier molecular flexibility index (Phi) is 6.83. The molecule has 158 valence electrons. The molecular formula is C18H15F6NO2S2. The Bertz CT molecular complexity index is 848. The summed E-state index contributed by atoms with van der Waals surface area (Å²) < 4.78 is 79.6. The van der Waals surface area contributed by atoms with E-state index in [-0.39, 0.29) is 17.3 Å². The molecule has 0 heterocycles. The lowest BCUT2D eigenvalue weighted by atomic mass is 9.86. The monoisotopic (exact) mass is 455 g/mol. The first-order chi connectivity index (χ1) is 13.4. The van der Waals surface area contributed by atoms with Crippen LogP contribution in [0.15, 0.2) is 53.6 Å². The zero-order chi connectivity index (χ0) is 22.0. The molecule has 2 unspecified atom stereocenters. The topological polar surface area (TPSA) is 46.2 Å². The van der Waals surface area contributed by atoms with Crippen LogP contribution >= 0.6 is 23.5 Å². The van der Waals surface area contributed by atoms with Crippen LogP contribution in [0.2, 0.25) is 0 Å². The van der Waals surface area contributed by atoms with Gasteiger partial charge in [0.05, 0.1) is 10.8 Å². The summed E-state index contributed by atoms with van der Waals surface area (Å²) in [5, 5.41) is -0.317. The van der Waals surface area contributed by atoms with Gasteiger partial charge in [0.1, 0.15) is 4.75 Å². The van der Waals surface area contributed by atoms with Crippen molar-refractivity contribution in [2.75, 3.05) is 12.5 Å². The van der Waals surface area contributed by atoms with Crippen molar-refractivity contribution in [2.45, 2.75) is 22.3 Å². The molecule has 1 aliphatic rings. The molecule has 0 aliphatic heterocycles.